The first-order valence-electron chi connectivity index (χ1n) is 5.97. The Morgan fingerprint density at radius 1 is 1.32 bits per heavy atom. The van der Waals surface area contributed by atoms with Gasteiger partial charge < -0.3 is 5.32 Å². The lowest BCUT2D eigenvalue weighted by Gasteiger charge is -2.29. The van der Waals surface area contributed by atoms with E-state index in [-0.39, 0.29) is 23.3 Å². The standard InChI is InChI=1S/C12H17ClN2O2S.ClH/c1-9-6-7-14-8-12(9)15-18(16,17)11-4-2-10(13)3-5-11;/h2-5,9,12,14-15H,6-8H2,1H3;1H. The van der Waals surface area contributed by atoms with Gasteiger partial charge in [-0.1, -0.05) is 18.5 Å². The predicted molar refractivity (Wildman–Crippen MR) is 79.5 cm³/mol. The number of benzene rings is 1. The fourth-order valence-corrected chi connectivity index (χ4v) is 3.50. The molecule has 0 spiro atoms. The zero-order chi connectivity index (χ0) is 13.2. The average molecular weight is 325 g/mol. The SMILES string of the molecule is CC1CCNCC1NS(=O)(=O)c1ccc(Cl)cc1.Cl. The van der Waals surface area contributed by atoms with Crippen LogP contribution < -0.4 is 10.0 Å². The second-order valence-corrected chi connectivity index (χ2v) is 6.80. The van der Waals surface area contributed by atoms with E-state index in [9.17, 15) is 8.42 Å². The monoisotopic (exact) mass is 324 g/mol. The fraction of sp³-hybridized carbons (Fsp3) is 0.500. The van der Waals surface area contributed by atoms with Gasteiger partial charge in [0.15, 0.2) is 0 Å². The summed E-state index contributed by atoms with van der Waals surface area (Å²) in [5.74, 6) is 0.341. The predicted octanol–water partition coefficient (Wildman–Crippen LogP) is 2.04. The Balaban J connectivity index is 0.00000180. The third-order valence-electron chi connectivity index (χ3n) is 3.26. The number of halogens is 2. The molecule has 0 saturated carbocycles. The summed E-state index contributed by atoms with van der Waals surface area (Å²) in [6.07, 6.45) is 0.980. The Hall–Kier alpha value is -0.330. The maximum atomic E-state index is 12.2. The molecule has 0 radical (unpaired) electrons. The summed E-state index contributed by atoms with van der Waals surface area (Å²) in [6, 6.07) is 6.15. The van der Waals surface area contributed by atoms with Crippen LogP contribution in [-0.4, -0.2) is 27.5 Å². The third-order valence-corrected chi connectivity index (χ3v) is 5.02. The van der Waals surface area contributed by atoms with Gasteiger partial charge >= 0.3 is 0 Å². The minimum absolute atomic E-state index is 0. The van der Waals surface area contributed by atoms with Crippen LogP contribution in [-0.2, 0) is 10.0 Å². The summed E-state index contributed by atoms with van der Waals surface area (Å²) in [5.41, 5.74) is 0. The topological polar surface area (TPSA) is 58.2 Å². The fourth-order valence-electron chi connectivity index (χ4n) is 2.03. The molecule has 1 fully saturated rings. The number of piperidine rings is 1. The Morgan fingerprint density at radius 3 is 2.53 bits per heavy atom. The van der Waals surface area contributed by atoms with Gasteiger partial charge in [-0.3, -0.25) is 0 Å². The summed E-state index contributed by atoms with van der Waals surface area (Å²) in [4.78, 5) is 0.254. The molecule has 0 aromatic heterocycles. The van der Waals surface area contributed by atoms with E-state index in [1.165, 1.54) is 12.1 Å². The van der Waals surface area contributed by atoms with Crippen molar-refractivity contribution in [3.8, 4) is 0 Å². The molecule has 2 atom stereocenters. The van der Waals surface area contributed by atoms with Gasteiger partial charge in [0.25, 0.3) is 0 Å². The first-order valence-corrected chi connectivity index (χ1v) is 7.84. The number of hydrogen-bond acceptors (Lipinski definition) is 3. The lowest BCUT2D eigenvalue weighted by molar-refractivity contribution is 0.327. The van der Waals surface area contributed by atoms with E-state index in [4.69, 9.17) is 11.6 Å². The molecule has 0 amide bonds. The van der Waals surface area contributed by atoms with Gasteiger partial charge in [-0.2, -0.15) is 0 Å². The molecule has 2 unspecified atom stereocenters. The van der Waals surface area contributed by atoms with Crippen molar-refractivity contribution < 1.29 is 8.42 Å². The molecule has 1 heterocycles. The van der Waals surface area contributed by atoms with E-state index in [1.807, 2.05) is 0 Å². The van der Waals surface area contributed by atoms with Crippen LogP contribution in [0.15, 0.2) is 29.2 Å². The van der Waals surface area contributed by atoms with E-state index in [1.54, 1.807) is 12.1 Å². The molecule has 2 N–H and O–H groups in total. The van der Waals surface area contributed by atoms with E-state index in [0.717, 1.165) is 13.0 Å². The first-order chi connectivity index (χ1) is 8.49. The second-order valence-electron chi connectivity index (χ2n) is 4.65. The van der Waals surface area contributed by atoms with Crippen LogP contribution in [0.1, 0.15) is 13.3 Å². The summed E-state index contributed by atoms with van der Waals surface area (Å²) in [5, 5.41) is 3.73. The normalized spacial score (nSPS) is 23.7. The van der Waals surface area contributed by atoms with E-state index < -0.39 is 10.0 Å². The zero-order valence-corrected chi connectivity index (χ0v) is 13.0. The van der Waals surface area contributed by atoms with Crippen molar-refractivity contribution in [2.45, 2.75) is 24.3 Å². The van der Waals surface area contributed by atoms with Crippen LogP contribution in [0.25, 0.3) is 0 Å². The highest BCUT2D eigenvalue weighted by Crippen LogP contribution is 2.17. The quantitative estimate of drug-likeness (QED) is 0.894. The van der Waals surface area contributed by atoms with E-state index >= 15 is 0 Å². The van der Waals surface area contributed by atoms with Crippen LogP contribution in [0.4, 0.5) is 0 Å². The number of nitrogens with one attached hydrogen (secondary N) is 2. The molecule has 0 bridgehead atoms. The van der Waals surface area contributed by atoms with Crippen LogP contribution in [0.2, 0.25) is 5.02 Å². The number of sulfonamides is 1. The molecule has 0 aliphatic carbocycles. The largest absolute Gasteiger partial charge is 0.315 e. The Labute approximate surface area is 125 Å². The Morgan fingerprint density at radius 2 is 1.95 bits per heavy atom. The highest BCUT2D eigenvalue weighted by molar-refractivity contribution is 7.89. The zero-order valence-electron chi connectivity index (χ0n) is 10.6. The Bertz CT molecular complexity index is 505. The lowest BCUT2D eigenvalue weighted by atomic mass is 9.96. The molecule has 1 aromatic rings. The third kappa shape index (κ3) is 4.33. The maximum absolute atomic E-state index is 12.2. The lowest BCUT2D eigenvalue weighted by Crippen LogP contribution is -2.50. The Kier molecular flexibility index (Phi) is 6.08. The minimum atomic E-state index is -3.46. The average Bonchev–Trinajstić information content (AvgIpc) is 2.32. The van der Waals surface area contributed by atoms with Gasteiger partial charge in [-0.15, -0.1) is 12.4 Å². The molecule has 1 aliphatic rings. The molecule has 1 aromatic carbocycles. The molecule has 1 saturated heterocycles. The van der Waals surface area contributed by atoms with Crippen molar-refractivity contribution in [2.75, 3.05) is 13.1 Å². The smallest absolute Gasteiger partial charge is 0.240 e. The highest BCUT2D eigenvalue weighted by atomic mass is 35.5. The molecule has 2 rings (SSSR count). The van der Waals surface area contributed by atoms with E-state index in [2.05, 4.69) is 17.0 Å². The van der Waals surface area contributed by atoms with Crippen molar-refractivity contribution in [3.05, 3.63) is 29.3 Å². The van der Waals surface area contributed by atoms with Gasteiger partial charge in [-0.05, 0) is 43.1 Å². The van der Waals surface area contributed by atoms with Crippen LogP contribution >= 0.6 is 24.0 Å². The minimum Gasteiger partial charge on any atom is -0.315 e. The molecule has 7 heteroatoms. The molecular formula is C12H18Cl2N2O2S. The summed E-state index contributed by atoms with van der Waals surface area (Å²) < 4.78 is 27.1. The van der Waals surface area contributed by atoms with Gasteiger partial charge in [0.2, 0.25) is 10.0 Å². The first kappa shape index (κ1) is 16.7. The molecule has 108 valence electrons. The van der Waals surface area contributed by atoms with Gasteiger partial charge in [0, 0.05) is 17.6 Å². The summed E-state index contributed by atoms with van der Waals surface area (Å²) in [7, 11) is -3.46. The van der Waals surface area contributed by atoms with Gasteiger partial charge in [0.05, 0.1) is 4.90 Å². The van der Waals surface area contributed by atoms with Crippen LogP contribution in [0.5, 0.6) is 0 Å². The highest BCUT2D eigenvalue weighted by Gasteiger charge is 2.26. The second kappa shape index (κ2) is 6.90. The van der Waals surface area contributed by atoms with Crippen molar-refractivity contribution >= 4 is 34.0 Å². The van der Waals surface area contributed by atoms with Crippen molar-refractivity contribution in [3.63, 3.8) is 0 Å². The number of rotatable bonds is 3. The summed E-state index contributed by atoms with van der Waals surface area (Å²) in [6.45, 7) is 3.68. The van der Waals surface area contributed by atoms with Crippen molar-refractivity contribution in [2.24, 2.45) is 5.92 Å². The van der Waals surface area contributed by atoms with Crippen molar-refractivity contribution in [1.82, 2.24) is 10.0 Å². The van der Waals surface area contributed by atoms with Gasteiger partial charge in [0.1, 0.15) is 0 Å². The van der Waals surface area contributed by atoms with Crippen molar-refractivity contribution in [1.29, 1.82) is 0 Å². The summed E-state index contributed by atoms with van der Waals surface area (Å²) >= 11 is 5.75. The molecule has 1 aliphatic heterocycles. The number of hydrogen-bond donors (Lipinski definition) is 2. The maximum Gasteiger partial charge on any atom is 0.240 e. The van der Waals surface area contributed by atoms with Crippen LogP contribution in [0.3, 0.4) is 0 Å². The molecule has 19 heavy (non-hydrogen) atoms. The van der Waals surface area contributed by atoms with Gasteiger partial charge in [-0.25, -0.2) is 13.1 Å². The van der Waals surface area contributed by atoms with Crippen LogP contribution in [0, 0.1) is 5.92 Å². The molecular weight excluding hydrogens is 307 g/mol. The van der Waals surface area contributed by atoms with E-state index in [0.29, 0.717) is 17.5 Å². The molecule has 4 nitrogen and oxygen atoms in total.